The highest BCUT2D eigenvalue weighted by Crippen LogP contribution is 2.41. The van der Waals surface area contributed by atoms with Gasteiger partial charge in [0, 0.05) is 5.56 Å². The van der Waals surface area contributed by atoms with E-state index in [0.717, 1.165) is 12.0 Å². The van der Waals surface area contributed by atoms with Crippen LogP contribution in [0, 0.1) is 6.92 Å². The maximum Gasteiger partial charge on any atom is 0.185 e. The topological polar surface area (TPSA) is 52.6 Å². The number of rotatable bonds is 7. The molecule has 0 aromatic heterocycles. The van der Waals surface area contributed by atoms with Gasteiger partial charge in [0.2, 0.25) is 0 Å². The third-order valence-corrected chi connectivity index (χ3v) is 6.22. The van der Waals surface area contributed by atoms with Crippen LogP contribution >= 0.6 is 0 Å². The van der Waals surface area contributed by atoms with Crippen molar-refractivity contribution >= 4 is 9.84 Å². The van der Waals surface area contributed by atoms with Crippen LogP contribution in [0.3, 0.4) is 0 Å². The van der Waals surface area contributed by atoms with Crippen molar-refractivity contribution in [1.29, 1.82) is 0 Å². The minimum absolute atomic E-state index is 0.330. The predicted octanol–water partition coefficient (Wildman–Crippen LogP) is 4.33. The summed E-state index contributed by atoms with van der Waals surface area (Å²) in [5.41, 5.74) is 1.67. The fourth-order valence-electron chi connectivity index (χ4n) is 2.80. The summed E-state index contributed by atoms with van der Waals surface area (Å²) in [6, 6.07) is 12.3. The molecule has 0 amide bonds. The van der Waals surface area contributed by atoms with E-state index in [-0.39, 0.29) is 0 Å². The first-order valence-corrected chi connectivity index (χ1v) is 9.51. The second-order valence-corrected chi connectivity index (χ2v) is 7.85. The molecule has 130 valence electrons. The Hall–Kier alpha value is -2.01. The molecule has 0 radical (unpaired) electrons. The predicted molar refractivity (Wildman–Crippen MR) is 95.6 cm³/mol. The second kappa shape index (κ2) is 7.71. The number of ether oxygens (including phenoxy) is 2. The summed E-state index contributed by atoms with van der Waals surface area (Å²) < 4.78 is 37.2. The number of sulfone groups is 1. The van der Waals surface area contributed by atoms with Gasteiger partial charge in [0.05, 0.1) is 24.4 Å². The molecule has 0 fully saturated rings. The number of hydrogen-bond donors (Lipinski definition) is 0. The lowest BCUT2D eigenvalue weighted by Gasteiger charge is -2.21. The molecule has 0 saturated heterocycles. The Morgan fingerprint density at radius 1 is 1.00 bits per heavy atom. The van der Waals surface area contributed by atoms with Crippen molar-refractivity contribution in [2.24, 2.45) is 0 Å². The average molecular weight is 348 g/mol. The Balaban J connectivity index is 2.60. The molecule has 2 rings (SSSR count). The quantitative estimate of drug-likeness (QED) is 0.747. The second-order valence-electron chi connectivity index (χ2n) is 5.72. The van der Waals surface area contributed by atoms with Gasteiger partial charge in [-0.1, -0.05) is 43.2 Å². The van der Waals surface area contributed by atoms with E-state index in [1.54, 1.807) is 37.4 Å². The van der Waals surface area contributed by atoms with E-state index in [4.69, 9.17) is 9.47 Å². The molecule has 0 N–H and O–H groups in total. The zero-order chi connectivity index (χ0) is 17.7. The smallest absolute Gasteiger partial charge is 0.185 e. The molecule has 5 heteroatoms. The van der Waals surface area contributed by atoms with E-state index in [0.29, 0.717) is 28.4 Å². The van der Waals surface area contributed by atoms with Crippen molar-refractivity contribution in [2.75, 3.05) is 14.2 Å². The highest BCUT2D eigenvalue weighted by Gasteiger charge is 2.31. The molecule has 24 heavy (non-hydrogen) atoms. The van der Waals surface area contributed by atoms with E-state index in [2.05, 4.69) is 0 Å². The van der Waals surface area contributed by atoms with E-state index >= 15 is 0 Å². The minimum atomic E-state index is -3.53. The number of para-hydroxylation sites is 1. The van der Waals surface area contributed by atoms with Crippen LogP contribution < -0.4 is 9.47 Å². The van der Waals surface area contributed by atoms with Gasteiger partial charge in [0.25, 0.3) is 0 Å². The summed E-state index contributed by atoms with van der Waals surface area (Å²) in [6.45, 7) is 3.91. The van der Waals surface area contributed by atoms with Crippen LogP contribution in [0.25, 0.3) is 0 Å². The summed E-state index contributed by atoms with van der Waals surface area (Å²) >= 11 is 0. The van der Waals surface area contributed by atoms with Crippen molar-refractivity contribution in [1.82, 2.24) is 0 Å². The monoisotopic (exact) mass is 348 g/mol. The molecule has 1 atom stereocenters. The molecule has 2 aromatic carbocycles. The van der Waals surface area contributed by atoms with E-state index in [9.17, 15) is 8.42 Å². The van der Waals surface area contributed by atoms with Crippen LogP contribution in [0.5, 0.6) is 11.5 Å². The van der Waals surface area contributed by atoms with Crippen molar-refractivity contribution in [3.8, 4) is 11.5 Å². The first-order valence-electron chi connectivity index (χ1n) is 7.97. The van der Waals surface area contributed by atoms with Crippen LogP contribution in [-0.2, 0) is 9.84 Å². The number of hydrogen-bond acceptors (Lipinski definition) is 4. The fourth-order valence-corrected chi connectivity index (χ4v) is 4.71. The molecule has 0 bridgehead atoms. The van der Waals surface area contributed by atoms with Gasteiger partial charge in [-0.05, 0) is 31.5 Å². The van der Waals surface area contributed by atoms with Gasteiger partial charge in [-0.2, -0.15) is 0 Å². The Labute approximate surface area is 144 Å². The molecule has 0 saturated carbocycles. The van der Waals surface area contributed by atoms with Gasteiger partial charge in [-0.25, -0.2) is 8.42 Å². The molecule has 0 heterocycles. The van der Waals surface area contributed by atoms with Gasteiger partial charge in [-0.3, -0.25) is 0 Å². The van der Waals surface area contributed by atoms with Crippen LogP contribution in [0.4, 0.5) is 0 Å². The van der Waals surface area contributed by atoms with Gasteiger partial charge >= 0.3 is 0 Å². The van der Waals surface area contributed by atoms with E-state index in [1.165, 1.54) is 7.11 Å². The molecule has 1 unspecified atom stereocenters. The van der Waals surface area contributed by atoms with Gasteiger partial charge in [0.15, 0.2) is 21.3 Å². The summed E-state index contributed by atoms with van der Waals surface area (Å²) in [6.07, 6.45) is 1.26. The lowest BCUT2D eigenvalue weighted by molar-refractivity contribution is 0.350. The highest BCUT2D eigenvalue weighted by molar-refractivity contribution is 7.91. The van der Waals surface area contributed by atoms with Crippen molar-refractivity contribution in [2.45, 2.75) is 36.8 Å². The van der Waals surface area contributed by atoms with Crippen molar-refractivity contribution < 1.29 is 17.9 Å². The molecule has 0 spiro atoms. The van der Waals surface area contributed by atoms with Crippen LogP contribution in [0.1, 0.15) is 36.1 Å². The molecule has 0 aliphatic rings. The summed E-state index contributed by atoms with van der Waals surface area (Å²) in [5, 5.41) is -0.671. The van der Waals surface area contributed by atoms with Crippen LogP contribution in [0.15, 0.2) is 47.4 Å². The third-order valence-electron chi connectivity index (χ3n) is 4.06. The molecule has 0 aliphatic heterocycles. The summed E-state index contributed by atoms with van der Waals surface area (Å²) in [5.74, 6) is 1.02. The molecular weight excluding hydrogens is 324 g/mol. The first-order chi connectivity index (χ1) is 11.5. The SMILES string of the molecule is CCCC(c1cccc(OC)c1OC)S(=O)(=O)c1ccc(C)cc1. The van der Waals surface area contributed by atoms with Gasteiger partial charge in [-0.15, -0.1) is 0 Å². The minimum Gasteiger partial charge on any atom is -0.493 e. The van der Waals surface area contributed by atoms with Crippen molar-refractivity contribution in [3.05, 3.63) is 53.6 Å². The Kier molecular flexibility index (Phi) is 5.89. The molecule has 2 aromatic rings. The normalized spacial score (nSPS) is 12.7. The van der Waals surface area contributed by atoms with Gasteiger partial charge < -0.3 is 9.47 Å². The Morgan fingerprint density at radius 3 is 2.21 bits per heavy atom. The summed E-state index contributed by atoms with van der Waals surface area (Å²) in [4.78, 5) is 0.330. The zero-order valence-corrected chi connectivity index (χ0v) is 15.4. The average Bonchev–Trinajstić information content (AvgIpc) is 2.59. The Bertz CT molecular complexity index is 780. The fraction of sp³-hybridized carbons (Fsp3) is 0.368. The number of aryl methyl sites for hydroxylation is 1. The third kappa shape index (κ3) is 3.56. The van der Waals surface area contributed by atoms with E-state index in [1.807, 2.05) is 26.0 Å². The highest BCUT2D eigenvalue weighted by atomic mass is 32.2. The lowest BCUT2D eigenvalue weighted by atomic mass is 10.1. The standard InChI is InChI=1S/C19H24O4S/c1-5-7-18(16-8-6-9-17(22-3)19(16)23-4)24(20,21)15-12-10-14(2)11-13-15/h6,8-13,18H,5,7H2,1-4H3. The number of benzene rings is 2. The van der Waals surface area contributed by atoms with Crippen molar-refractivity contribution in [3.63, 3.8) is 0 Å². The molecule has 4 nitrogen and oxygen atoms in total. The maximum atomic E-state index is 13.2. The largest absolute Gasteiger partial charge is 0.493 e. The van der Waals surface area contributed by atoms with Gasteiger partial charge in [0.1, 0.15) is 0 Å². The molecule has 0 aliphatic carbocycles. The first kappa shape index (κ1) is 18.3. The van der Waals surface area contributed by atoms with Crippen LogP contribution in [-0.4, -0.2) is 22.6 Å². The molecular formula is C19H24O4S. The number of methoxy groups -OCH3 is 2. The maximum absolute atomic E-state index is 13.2. The summed E-state index contributed by atoms with van der Waals surface area (Å²) in [7, 11) is -0.449. The van der Waals surface area contributed by atoms with E-state index < -0.39 is 15.1 Å². The Morgan fingerprint density at radius 2 is 1.67 bits per heavy atom. The lowest BCUT2D eigenvalue weighted by Crippen LogP contribution is -2.15. The zero-order valence-electron chi connectivity index (χ0n) is 14.6. The van der Waals surface area contributed by atoms with Crippen LogP contribution in [0.2, 0.25) is 0 Å².